The molecule has 1 aromatic rings. The van der Waals surface area contributed by atoms with Gasteiger partial charge in [0.15, 0.2) is 5.13 Å². The van der Waals surface area contributed by atoms with Crippen LogP contribution < -0.4 is 4.90 Å². The second kappa shape index (κ2) is 5.16. The summed E-state index contributed by atoms with van der Waals surface area (Å²) < 4.78 is 0. The Labute approximate surface area is 122 Å². The van der Waals surface area contributed by atoms with Gasteiger partial charge in [-0.15, -0.1) is 11.6 Å². The summed E-state index contributed by atoms with van der Waals surface area (Å²) in [6, 6.07) is 1.42. The van der Waals surface area contributed by atoms with E-state index in [0.29, 0.717) is 17.1 Å². The Hall–Kier alpha value is -0.0300. The molecule has 2 bridgehead atoms. The zero-order chi connectivity index (χ0) is 12.7. The first-order valence-corrected chi connectivity index (χ1v) is 8.10. The van der Waals surface area contributed by atoms with Crippen LogP contribution in [0.2, 0.25) is 5.15 Å². The highest BCUT2D eigenvalue weighted by atomic mass is 35.5. The summed E-state index contributed by atoms with van der Waals surface area (Å²) in [5.41, 5.74) is 0. The predicted octanol–water partition coefficient (Wildman–Crippen LogP) is 3.21. The highest BCUT2D eigenvalue weighted by molar-refractivity contribution is 7.16. The first-order valence-electron chi connectivity index (χ1n) is 6.37. The molecular formula is C12H17Cl2N3S. The maximum Gasteiger partial charge on any atom is 0.187 e. The third-order valence-corrected chi connectivity index (χ3v) is 6.15. The van der Waals surface area contributed by atoms with Crippen LogP contribution in [-0.2, 0) is 5.88 Å². The van der Waals surface area contributed by atoms with Gasteiger partial charge in [0.2, 0.25) is 0 Å². The van der Waals surface area contributed by atoms with Crippen LogP contribution in [0.1, 0.15) is 24.1 Å². The van der Waals surface area contributed by atoms with Gasteiger partial charge in [-0.05, 0) is 26.3 Å². The Kier molecular flexibility index (Phi) is 3.72. The average Bonchev–Trinajstić information content (AvgIpc) is 2.81. The molecule has 0 saturated carbocycles. The summed E-state index contributed by atoms with van der Waals surface area (Å²) in [6.45, 7) is 2.15. The monoisotopic (exact) mass is 305 g/mol. The fourth-order valence-electron chi connectivity index (χ4n) is 3.02. The number of aromatic nitrogens is 1. The first kappa shape index (κ1) is 13.0. The van der Waals surface area contributed by atoms with Gasteiger partial charge in [0.25, 0.3) is 0 Å². The van der Waals surface area contributed by atoms with Crippen molar-refractivity contribution in [3.8, 4) is 0 Å². The van der Waals surface area contributed by atoms with Gasteiger partial charge in [0, 0.05) is 25.2 Å². The van der Waals surface area contributed by atoms with Crippen molar-refractivity contribution in [1.29, 1.82) is 0 Å². The van der Waals surface area contributed by atoms with Crippen molar-refractivity contribution in [2.75, 3.05) is 25.0 Å². The third-order valence-electron chi connectivity index (χ3n) is 4.18. The number of fused-ring (bicyclic) bond motifs is 2. The maximum atomic E-state index is 6.09. The fourth-order valence-corrected chi connectivity index (χ4v) is 4.53. The van der Waals surface area contributed by atoms with Crippen molar-refractivity contribution in [2.45, 2.75) is 37.2 Å². The second-order valence-corrected chi connectivity index (χ2v) is 6.82. The lowest BCUT2D eigenvalue weighted by molar-refractivity contribution is 0.254. The molecule has 0 radical (unpaired) electrons. The Balaban J connectivity index is 1.80. The van der Waals surface area contributed by atoms with Crippen molar-refractivity contribution >= 4 is 39.7 Å². The van der Waals surface area contributed by atoms with E-state index in [9.17, 15) is 0 Å². The topological polar surface area (TPSA) is 19.4 Å². The predicted molar refractivity (Wildman–Crippen MR) is 78.1 cm³/mol. The zero-order valence-corrected chi connectivity index (χ0v) is 12.7. The number of nitrogens with zero attached hydrogens (tertiary/aromatic N) is 3. The smallest absolute Gasteiger partial charge is 0.187 e. The number of rotatable bonds is 2. The molecular weight excluding hydrogens is 289 g/mol. The quantitative estimate of drug-likeness (QED) is 0.782. The van der Waals surface area contributed by atoms with Gasteiger partial charge in [-0.1, -0.05) is 22.9 Å². The van der Waals surface area contributed by atoms with E-state index in [-0.39, 0.29) is 0 Å². The van der Waals surface area contributed by atoms with Crippen LogP contribution in [0.5, 0.6) is 0 Å². The molecule has 2 aliphatic rings. The lowest BCUT2D eigenvalue weighted by atomic mass is 10.1. The van der Waals surface area contributed by atoms with E-state index >= 15 is 0 Å². The number of hydrogen-bond acceptors (Lipinski definition) is 4. The molecule has 6 heteroatoms. The number of hydrogen-bond donors (Lipinski definition) is 0. The first-order chi connectivity index (χ1) is 8.69. The number of halogens is 2. The third kappa shape index (κ3) is 2.24. The molecule has 0 spiro atoms. The van der Waals surface area contributed by atoms with Crippen molar-refractivity contribution in [2.24, 2.45) is 0 Å². The van der Waals surface area contributed by atoms with Crippen LogP contribution in [0.3, 0.4) is 0 Å². The van der Waals surface area contributed by atoms with Crippen molar-refractivity contribution < 1.29 is 0 Å². The molecule has 0 N–H and O–H groups in total. The van der Waals surface area contributed by atoms with Gasteiger partial charge in [-0.25, -0.2) is 4.98 Å². The van der Waals surface area contributed by atoms with Gasteiger partial charge < -0.3 is 4.90 Å². The Bertz CT molecular complexity index is 437. The fraction of sp³-hybridized carbons (Fsp3) is 0.750. The Morgan fingerprint density at radius 3 is 2.83 bits per heavy atom. The lowest BCUT2D eigenvalue weighted by Gasteiger charge is -2.25. The standard InChI is InChI=1S/C12H17Cl2N3S/c1-16-8-2-3-9(16)7-17(5-4-8)12-15-11(14)10(6-13)18-12/h8-9H,2-7H2,1H3. The maximum absolute atomic E-state index is 6.09. The Morgan fingerprint density at radius 1 is 1.33 bits per heavy atom. The van der Waals surface area contributed by atoms with Crippen LogP contribution in [0.4, 0.5) is 5.13 Å². The molecule has 2 fully saturated rings. The van der Waals surface area contributed by atoms with E-state index in [1.807, 2.05) is 0 Å². The van der Waals surface area contributed by atoms with Crippen LogP contribution >= 0.6 is 34.5 Å². The van der Waals surface area contributed by atoms with Crippen molar-refractivity contribution in [3.63, 3.8) is 0 Å². The summed E-state index contributed by atoms with van der Waals surface area (Å²) >= 11 is 13.6. The molecule has 2 atom stereocenters. The van der Waals surface area contributed by atoms with Gasteiger partial charge in [-0.2, -0.15) is 0 Å². The minimum Gasteiger partial charge on any atom is -0.346 e. The summed E-state index contributed by atoms with van der Waals surface area (Å²) in [5, 5.41) is 1.62. The number of anilines is 1. The number of likely N-dealkylation sites (N-methyl/N-ethyl adjacent to an activating group) is 1. The van der Waals surface area contributed by atoms with Gasteiger partial charge in [-0.3, -0.25) is 4.90 Å². The van der Waals surface area contributed by atoms with E-state index in [1.54, 1.807) is 11.3 Å². The summed E-state index contributed by atoms with van der Waals surface area (Å²) in [4.78, 5) is 10.4. The number of alkyl halides is 1. The van der Waals surface area contributed by atoms with E-state index < -0.39 is 0 Å². The van der Waals surface area contributed by atoms with Crippen LogP contribution in [0, 0.1) is 0 Å². The molecule has 3 rings (SSSR count). The molecule has 18 heavy (non-hydrogen) atoms. The molecule has 3 nitrogen and oxygen atoms in total. The van der Waals surface area contributed by atoms with E-state index in [0.717, 1.165) is 29.1 Å². The van der Waals surface area contributed by atoms with Gasteiger partial charge in [0.05, 0.1) is 10.8 Å². The molecule has 2 aliphatic heterocycles. The minimum absolute atomic E-state index is 0.455. The van der Waals surface area contributed by atoms with Crippen molar-refractivity contribution in [1.82, 2.24) is 9.88 Å². The molecule has 1 aromatic heterocycles. The van der Waals surface area contributed by atoms with Crippen LogP contribution in [-0.4, -0.2) is 42.1 Å². The molecule has 3 heterocycles. The zero-order valence-electron chi connectivity index (χ0n) is 10.4. The molecule has 2 unspecified atom stereocenters. The average molecular weight is 306 g/mol. The molecule has 0 amide bonds. The summed E-state index contributed by atoms with van der Waals surface area (Å²) in [5.74, 6) is 0.455. The summed E-state index contributed by atoms with van der Waals surface area (Å²) in [6.07, 6.45) is 3.88. The highest BCUT2D eigenvalue weighted by Gasteiger charge is 2.35. The van der Waals surface area contributed by atoms with Gasteiger partial charge in [0.1, 0.15) is 5.15 Å². The number of thiazole rings is 1. The second-order valence-electron chi connectivity index (χ2n) is 5.13. The van der Waals surface area contributed by atoms with Gasteiger partial charge >= 0.3 is 0 Å². The normalized spacial score (nSPS) is 28.7. The highest BCUT2D eigenvalue weighted by Crippen LogP contribution is 2.35. The van der Waals surface area contributed by atoms with Crippen LogP contribution in [0.25, 0.3) is 0 Å². The van der Waals surface area contributed by atoms with E-state index in [4.69, 9.17) is 23.2 Å². The Morgan fingerprint density at radius 2 is 2.11 bits per heavy atom. The van der Waals surface area contributed by atoms with Crippen molar-refractivity contribution in [3.05, 3.63) is 10.0 Å². The SMILES string of the molecule is CN1C2CCC1CN(c1nc(Cl)c(CCl)s1)CC2. The summed E-state index contributed by atoms with van der Waals surface area (Å²) in [7, 11) is 2.25. The minimum atomic E-state index is 0.455. The largest absolute Gasteiger partial charge is 0.346 e. The molecule has 0 aromatic carbocycles. The molecule has 100 valence electrons. The molecule has 0 aliphatic carbocycles. The van der Waals surface area contributed by atoms with Crippen LogP contribution in [0.15, 0.2) is 0 Å². The lowest BCUT2D eigenvalue weighted by Crippen LogP contribution is -2.36. The van der Waals surface area contributed by atoms with E-state index in [1.165, 1.54) is 19.3 Å². The van der Waals surface area contributed by atoms with E-state index in [2.05, 4.69) is 21.8 Å². The molecule has 2 saturated heterocycles.